The lowest BCUT2D eigenvalue weighted by Gasteiger charge is -2.12. The predicted octanol–water partition coefficient (Wildman–Crippen LogP) is 3.56. The van der Waals surface area contributed by atoms with E-state index in [2.05, 4.69) is 4.98 Å². The summed E-state index contributed by atoms with van der Waals surface area (Å²) in [7, 11) is 1.33. The average molecular weight is 346 g/mol. The summed E-state index contributed by atoms with van der Waals surface area (Å²) in [5.41, 5.74) is 12.0. The summed E-state index contributed by atoms with van der Waals surface area (Å²) in [6.45, 7) is 4.00. The number of anilines is 1. The monoisotopic (exact) mass is 346 g/mol. The molecule has 0 aliphatic rings. The Morgan fingerprint density at radius 2 is 1.77 bits per heavy atom. The third-order valence-corrected chi connectivity index (χ3v) is 4.49. The Morgan fingerprint density at radius 3 is 2.46 bits per heavy atom. The van der Waals surface area contributed by atoms with Gasteiger partial charge in [0.1, 0.15) is 16.9 Å². The zero-order valence-corrected chi connectivity index (χ0v) is 14.8. The number of benzene rings is 2. The standard InChI is InChI=1S/C20H18N4O2/c1-11-8-9-12(2)15(10-11)24-18(21)16(20(25)26-3)17-19(24)23-14-7-5-4-6-13(14)22-17/h4-10H,21H2,1-3H3. The zero-order valence-electron chi connectivity index (χ0n) is 14.8. The van der Waals surface area contributed by atoms with E-state index in [1.807, 2.05) is 56.3 Å². The Balaban J connectivity index is 2.18. The third-order valence-electron chi connectivity index (χ3n) is 4.49. The van der Waals surface area contributed by atoms with Crippen molar-refractivity contribution in [3.63, 3.8) is 0 Å². The number of para-hydroxylation sites is 2. The fraction of sp³-hybridized carbons (Fsp3) is 0.150. The molecule has 4 aromatic rings. The molecular weight excluding hydrogens is 328 g/mol. The van der Waals surface area contributed by atoms with Crippen LogP contribution in [0.15, 0.2) is 42.5 Å². The van der Waals surface area contributed by atoms with Crippen LogP contribution in [0.2, 0.25) is 0 Å². The van der Waals surface area contributed by atoms with Gasteiger partial charge in [-0.2, -0.15) is 0 Å². The zero-order chi connectivity index (χ0) is 18.4. The van der Waals surface area contributed by atoms with Crippen LogP contribution in [0.4, 0.5) is 5.82 Å². The molecule has 0 unspecified atom stereocenters. The molecule has 4 rings (SSSR count). The van der Waals surface area contributed by atoms with Crippen LogP contribution in [0, 0.1) is 13.8 Å². The highest BCUT2D eigenvalue weighted by Crippen LogP contribution is 2.32. The number of methoxy groups -OCH3 is 1. The Hall–Kier alpha value is -3.41. The first-order valence-electron chi connectivity index (χ1n) is 8.24. The number of nitrogens with zero attached hydrogens (tertiary/aromatic N) is 3. The van der Waals surface area contributed by atoms with E-state index in [9.17, 15) is 4.79 Å². The third kappa shape index (κ3) is 2.30. The number of hydrogen-bond acceptors (Lipinski definition) is 5. The van der Waals surface area contributed by atoms with Gasteiger partial charge in [0, 0.05) is 0 Å². The summed E-state index contributed by atoms with van der Waals surface area (Å²) in [6, 6.07) is 13.6. The molecule has 130 valence electrons. The van der Waals surface area contributed by atoms with Crippen molar-refractivity contribution in [3.8, 4) is 5.69 Å². The maximum absolute atomic E-state index is 12.4. The molecule has 2 N–H and O–H groups in total. The molecule has 6 heteroatoms. The SMILES string of the molecule is COC(=O)c1c(N)n(-c2cc(C)ccc2C)c2nc3ccccc3nc12. The average Bonchev–Trinajstić information content (AvgIpc) is 2.92. The summed E-state index contributed by atoms with van der Waals surface area (Å²) in [4.78, 5) is 21.8. The Kier molecular flexibility index (Phi) is 3.61. The number of fused-ring (bicyclic) bond motifs is 2. The maximum atomic E-state index is 12.4. The van der Waals surface area contributed by atoms with Crippen molar-refractivity contribution in [1.29, 1.82) is 0 Å². The number of nitrogen functional groups attached to an aromatic ring is 1. The van der Waals surface area contributed by atoms with Crippen molar-refractivity contribution < 1.29 is 9.53 Å². The van der Waals surface area contributed by atoms with E-state index >= 15 is 0 Å². The van der Waals surface area contributed by atoms with Crippen LogP contribution >= 0.6 is 0 Å². The van der Waals surface area contributed by atoms with Gasteiger partial charge < -0.3 is 10.5 Å². The van der Waals surface area contributed by atoms with Crippen molar-refractivity contribution in [2.75, 3.05) is 12.8 Å². The van der Waals surface area contributed by atoms with Crippen LogP contribution in [0.25, 0.3) is 27.9 Å². The van der Waals surface area contributed by atoms with E-state index in [-0.39, 0.29) is 11.4 Å². The molecule has 0 amide bonds. The second kappa shape index (κ2) is 5.84. The van der Waals surface area contributed by atoms with Crippen molar-refractivity contribution >= 4 is 34.0 Å². The maximum Gasteiger partial charge on any atom is 0.343 e. The minimum Gasteiger partial charge on any atom is -0.465 e. The first kappa shape index (κ1) is 16.1. The number of rotatable bonds is 2. The number of carbonyl (C=O) groups excluding carboxylic acids is 1. The van der Waals surface area contributed by atoms with Gasteiger partial charge in [0.05, 0.1) is 23.8 Å². The van der Waals surface area contributed by atoms with Gasteiger partial charge in [-0.15, -0.1) is 0 Å². The van der Waals surface area contributed by atoms with E-state index in [0.29, 0.717) is 16.7 Å². The van der Waals surface area contributed by atoms with Gasteiger partial charge in [0.25, 0.3) is 0 Å². The van der Waals surface area contributed by atoms with Crippen LogP contribution < -0.4 is 5.73 Å². The highest BCUT2D eigenvalue weighted by atomic mass is 16.5. The second-order valence-corrected chi connectivity index (χ2v) is 6.26. The highest BCUT2D eigenvalue weighted by molar-refractivity contribution is 6.09. The smallest absolute Gasteiger partial charge is 0.343 e. The number of aromatic nitrogens is 3. The van der Waals surface area contributed by atoms with E-state index < -0.39 is 5.97 Å². The fourth-order valence-electron chi connectivity index (χ4n) is 3.17. The molecule has 2 heterocycles. The van der Waals surface area contributed by atoms with Gasteiger partial charge in [-0.1, -0.05) is 24.3 Å². The molecular formula is C20H18N4O2. The van der Waals surface area contributed by atoms with Crippen molar-refractivity contribution in [3.05, 3.63) is 59.2 Å². The quantitative estimate of drug-likeness (QED) is 0.561. The fourth-order valence-corrected chi connectivity index (χ4v) is 3.17. The summed E-state index contributed by atoms with van der Waals surface area (Å²) in [6.07, 6.45) is 0. The van der Waals surface area contributed by atoms with Crippen LogP contribution in [-0.2, 0) is 4.74 Å². The topological polar surface area (TPSA) is 83.0 Å². The predicted molar refractivity (Wildman–Crippen MR) is 102 cm³/mol. The van der Waals surface area contributed by atoms with Crippen LogP contribution in [0.3, 0.4) is 0 Å². The molecule has 0 saturated heterocycles. The largest absolute Gasteiger partial charge is 0.465 e. The molecule has 2 aromatic heterocycles. The molecule has 0 radical (unpaired) electrons. The Bertz CT molecular complexity index is 1180. The van der Waals surface area contributed by atoms with E-state index in [4.69, 9.17) is 15.5 Å². The number of ether oxygens (including phenoxy) is 1. The number of carbonyl (C=O) groups is 1. The first-order chi connectivity index (χ1) is 12.5. The van der Waals surface area contributed by atoms with Crippen molar-refractivity contribution in [1.82, 2.24) is 14.5 Å². The number of hydrogen-bond donors (Lipinski definition) is 1. The molecule has 0 aliphatic carbocycles. The highest BCUT2D eigenvalue weighted by Gasteiger charge is 2.25. The first-order valence-corrected chi connectivity index (χ1v) is 8.24. The lowest BCUT2D eigenvalue weighted by Crippen LogP contribution is -2.08. The van der Waals surface area contributed by atoms with Crippen molar-refractivity contribution in [2.45, 2.75) is 13.8 Å². The normalized spacial score (nSPS) is 11.2. The molecule has 26 heavy (non-hydrogen) atoms. The lowest BCUT2D eigenvalue weighted by atomic mass is 10.1. The number of esters is 1. The van der Waals surface area contributed by atoms with Gasteiger partial charge in [-0.05, 0) is 43.2 Å². The molecule has 0 atom stereocenters. The molecule has 2 aromatic carbocycles. The Morgan fingerprint density at radius 1 is 1.08 bits per heavy atom. The lowest BCUT2D eigenvalue weighted by molar-refractivity contribution is 0.0604. The molecule has 0 fully saturated rings. The molecule has 0 saturated carbocycles. The van der Waals surface area contributed by atoms with Gasteiger partial charge in [-0.25, -0.2) is 14.8 Å². The van der Waals surface area contributed by atoms with Crippen LogP contribution in [0.1, 0.15) is 21.5 Å². The van der Waals surface area contributed by atoms with Gasteiger partial charge in [0.15, 0.2) is 5.65 Å². The Labute approximate surface area is 150 Å². The number of aryl methyl sites for hydroxylation is 2. The van der Waals surface area contributed by atoms with Crippen molar-refractivity contribution in [2.24, 2.45) is 0 Å². The second-order valence-electron chi connectivity index (χ2n) is 6.26. The van der Waals surface area contributed by atoms with Gasteiger partial charge >= 0.3 is 5.97 Å². The van der Waals surface area contributed by atoms with Gasteiger partial charge in [-0.3, -0.25) is 4.57 Å². The summed E-state index contributed by atoms with van der Waals surface area (Å²) in [5, 5.41) is 0. The van der Waals surface area contributed by atoms with E-state index in [0.717, 1.165) is 22.3 Å². The van der Waals surface area contributed by atoms with Crippen LogP contribution in [-0.4, -0.2) is 27.6 Å². The molecule has 0 aliphatic heterocycles. The number of nitrogens with two attached hydrogens (primary N) is 1. The summed E-state index contributed by atoms with van der Waals surface area (Å²) >= 11 is 0. The molecule has 0 bridgehead atoms. The van der Waals surface area contributed by atoms with E-state index in [1.54, 1.807) is 4.57 Å². The van der Waals surface area contributed by atoms with E-state index in [1.165, 1.54) is 7.11 Å². The summed E-state index contributed by atoms with van der Waals surface area (Å²) < 4.78 is 6.72. The van der Waals surface area contributed by atoms with Crippen LogP contribution in [0.5, 0.6) is 0 Å². The van der Waals surface area contributed by atoms with Gasteiger partial charge in [0.2, 0.25) is 0 Å². The minimum absolute atomic E-state index is 0.238. The molecule has 6 nitrogen and oxygen atoms in total. The minimum atomic E-state index is -0.527. The molecule has 0 spiro atoms. The summed E-state index contributed by atoms with van der Waals surface area (Å²) in [5.74, 6) is -0.253.